The Kier molecular flexibility index (Phi) is 5.29. The minimum Gasteiger partial charge on any atom is -0.303 e. The molecule has 0 aliphatic carbocycles. The lowest BCUT2D eigenvalue weighted by atomic mass is 10.1. The third-order valence-corrected chi connectivity index (χ3v) is 5.21. The van der Waals surface area contributed by atoms with Crippen molar-refractivity contribution in [1.29, 1.82) is 0 Å². The molecule has 7 heteroatoms. The van der Waals surface area contributed by atoms with Crippen LogP contribution in [0.3, 0.4) is 0 Å². The van der Waals surface area contributed by atoms with Crippen molar-refractivity contribution in [2.24, 2.45) is 0 Å². The Balaban J connectivity index is 2.06. The molecule has 1 aromatic carbocycles. The van der Waals surface area contributed by atoms with E-state index in [1.54, 1.807) is 0 Å². The molecule has 0 spiro atoms. The average molecular weight is 318 g/mol. The summed E-state index contributed by atoms with van der Waals surface area (Å²) in [4.78, 5) is 1.37. The zero-order valence-electron chi connectivity index (χ0n) is 12.0. The van der Waals surface area contributed by atoms with Gasteiger partial charge in [-0.3, -0.25) is 0 Å². The molecule has 1 fully saturated rings. The number of piperidine rings is 1. The van der Waals surface area contributed by atoms with Gasteiger partial charge in [-0.05, 0) is 51.0 Å². The summed E-state index contributed by atoms with van der Waals surface area (Å²) in [6, 6.07) is 2.76. The highest BCUT2D eigenvalue weighted by molar-refractivity contribution is 7.89. The van der Waals surface area contributed by atoms with Gasteiger partial charge in [0.25, 0.3) is 0 Å². The van der Waals surface area contributed by atoms with E-state index in [4.69, 9.17) is 0 Å². The van der Waals surface area contributed by atoms with Crippen molar-refractivity contribution in [2.75, 3.05) is 19.6 Å². The Labute approximate surface area is 124 Å². The minimum absolute atomic E-state index is 0.276. The molecule has 0 unspecified atom stereocenters. The molecule has 2 rings (SSSR count). The highest BCUT2D eigenvalue weighted by atomic mass is 32.2. The normalized spacial score (nSPS) is 18.0. The van der Waals surface area contributed by atoms with Crippen LogP contribution in [0.25, 0.3) is 0 Å². The van der Waals surface area contributed by atoms with Crippen LogP contribution >= 0.6 is 0 Å². The molecule has 0 atom stereocenters. The molecule has 1 aliphatic rings. The van der Waals surface area contributed by atoms with Gasteiger partial charge in [0, 0.05) is 6.04 Å². The lowest BCUT2D eigenvalue weighted by Gasteiger charge is -2.31. The molecular weight excluding hydrogens is 298 g/mol. The van der Waals surface area contributed by atoms with Crippen LogP contribution in [-0.4, -0.2) is 39.0 Å². The van der Waals surface area contributed by atoms with Gasteiger partial charge in [0.05, 0.1) is 0 Å². The van der Waals surface area contributed by atoms with Gasteiger partial charge >= 0.3 is 0 Å². The Hall–Kier alpha value is -1.05. The zero-order valence-corrected chi connectivity index (χ0v) is 12.8. The van der Waals surface area contributed by atoms with Crippen LogP contribution in [-0.2, 0) is 10.0 Å². The van der Waals surface area contributed by atoms with Crippen LogP contribution in [0.2, 0.25) is 0 Å². The molecule has 4 nitrogen and oxygen atoms in total. The topological polar surface area (TPSA) is 49.4 Å². The van der Waals surface area contributed by atoms with Crippen molar-refractivity contribution in [2.45, 2.75) is 37.1 Å². The van der Waals surface area contributed by atoms with E-state index in [1.165, 1.54) is 0 Å². The molecule has 1 aliphatic heterocycles. The van der Waals surface area contributed by atoms with E-state index in [1.807, 2.05) is 0 Å². The Morgan fingerprint density at radius 1 is 1.24 bits per heavy atom. The number of benzene rings is 1. The maximum atomic E-state index is 13.6. The second-order valence-electron chi connectivity index (χ2n) is 5.29. The molecule has 1 N–H and O–H groups in total. The van der Waals surface area contributed by atoms with Crippen LogP contribution in [0, 0.1) is 11.6 Å². The molecule has 0 saturated carbocycles. The standard InChI is InChI=1S/C14H20F2N2O2S/c1-2-8-18-9-6-11(7-10-18)17-21(19,20)14-12(15)4-3-5-13(14)16/h3-5,11,17H,2,6-10H2,1H3. The molecule has 0 radical (unpaired) electrons. The first-order valence-electron chi connectivity index (χ1n) is 7.12. The van der Waals surface area contributed by atoms with Crippen molar-refractivity contribution in [3.8, 4) is 0 Å². The first-order chi connectivity index (χ1) is 9.94. The average Bonchev–Trinajstić information content (AvgIpc) is 2.40. The van der Waals surface area contributed by atoms with E-state index in [0.717, 1.165) is 44.3 Å². The molecule has 21 heavy (non-hydrogen) atoms. The van der Waals surface area contributed by atoms with E-state index in [9.17, 15) is 17.2 Å². The largest absolute Gasteiger partial charge is 0.303 e. The first-order valence-corrected chi connectivity index (χ1v) is 8.61. The lowest BCUT2D eigenvalue weighted by Crippen LogP contribution is -2.45. The number of nitrogens with zero attached hydrogens (tertiary/aromatic N) is 1. The summed E-state index contributed by atoms with van der Waals surface area (Å²) in [5, 5.41) is 0. The number of rotatable bonds is 5. The monoisotopic (exact) mass is 318 g/mol. The molecule has 0 aromatic heterocycles. The number of nitrogens with one attached hydrogen (secondary N) is 1. The predicted octanol–water partition coefficient (Wildman–Crippen LogP) is 2.12. The summed E-state index contributed by atoms with van der Waals surface area (Å²) in [6.45, 7) is 4.67. The van der Waals surface area contributed by atoms with Crippen LogP contribution in [0.4, 0.5) is 8.78 Å². The third-order valence-electron chi connectivity index (χ3n) is 3.64. The van der Waals surface area contributed by atoms with E-state index in [2.05, 4.69) is 16.5 Å². The molecule has 1 aromatic rings. The second kappa shape index (κ2) is 6.81. The fraction of sp³-hybridized carbons (Fsp3) is 0.571. The molecule has 1 saturated heterocycles. The van der Waals surface area contributed by atoms with Gasteiger partial charge in [0.15, 0.2) is 4.90 Å². The Morgan fingerprint density at radius 3 is 2.33 bits per heavy atom. The highest BCUT2D eigenvalue weighted by Gasteiger charge is 2.28. The summed E-state index contributed by atoms with van der Waals surface area (Å²) < 4.78 is 53.9. The Bertz CT molecular complexity index is 564. The van der Waals surface area contributed by atoms with E-state index in [0.29, 0.717) is 12.8 Å². The van der Waals surface area contributed by atoms with Crippen LogP contribution in [0.1, 0.15) is 26.2 Å². The number of hydrogen-bond acceptors (Lipinski definition) is 3. The Morgan fingerprint density at radius 2 is 1.81 bits per heavy atom. The van der Waals surface area contributed by atoms with E-state index < -0.39 is 26.6 Å². The third kappa shape index (κ3) is 3.99. The van der Waals surface area contributed by atoms with Crippen molar-refractivity contribution in [3.63, 3.8) is 0 Å². The molecular formula is C14H20F2N2O2S. The summed E-state index contributed by atoms with van der Waals surface area (Å²) in [5.74, 6) is -2.13. The number of sulfonamides is 1. The molecule has 1 heterocycles. The van der Waals surface area contributed by atoms with Gasteiger partial charge in [-0.1, -0.05) is 13.0 Å². The summed E-state index contributed by atoms with van der Waals surface area (Å²) in [5.41, 5.74) is 0. The fourth-order valence-corrected chi connectivity index (χ4v) is 4.05. The van der Waals surface area contributed by atoms with Gasteiger partial charge in [-0.25, -0.2) is 21.9 Å². The fourth-order valence-electron chi connectivity index (χ4n) is 2.61. The summed E-state index contributed by atoms with van der Waals surface area (Å²) in [7, 11) is -4.17. The van der Waals surface area contributed by atoms with Crippen molar-refractivity contribution < 1.29 is 17.2 Å². The zero-order chi connectivity index (χ0) is 15.5. The smallest absolute Gasteiger partial charge is 0.246 e. The molecule has 118 valence electrons. The lowest BCUT2D eigenvalue weighted by molar-refractivity contribution is 0.207. The maximum absolute atomic E-state index is 13.6. The second-order valence-corrected chi connectivity index (χ2v) is 6.94. The SMILES string of the molecule is CCCN1CCC(NS(=O)(=O)c2c(F)cccc2F)CC1. The van der Waals surface area contributed by atoms with Crippen molar-refractivity contribution in [1.82, 2.24) is 9.62 Å². The van der Waals surface area contributed by atoms with Gasteiger partial charge in [0.1, 0.15) is 11.6 Å². The first kappa shape index (κ1) is 16.3. The quantitative estimate of drug-likeness (QED) is 0.905. The van der Waals surface area contributed by atoms with Gasteiger partial charge in [-0.2, -0.15) is 0 Å². The molecule has 0 bridgehead atoms. The van der Waals surface area contributed by atoms with Crippen molar-refractivity contribution >= 4 is 10.0 Å². The number of hydrogen-bond donors (Lipinski definition) is 1. The predicted molar refractivity (Wildman–Crippen MR) is 76.4 cm³/mol. The van der Waals surface area contributed by atoms with Gasteiger partial charge in [0.2, 0.25) is 10.0 Å². The maximum Gasteiger partial charge on any atom is 0.246 e. The van der Waals surface area contributed by atoms with Gasteiger partial charge < -0.3 is 4.90 Å². The number of likely N-dealkylation sites (tertiary alicyclic amines) is 1. The van der Waals surface area contributed by atoms with Crippen molar-refractivity contribution in [3.05, 3.63) is 29.8 Å². The minimum atomic E-state index is -4.17. The molecule has 0 amide bonds. The van der Waals surface area contributed by atoms with Gasteiger partial charge in [-0.15, -0.1) is 0 Å². The van der Waals surface area contributed by atoms with Crippen LogP contribution in [0.5, 0.6) is 0 Å². The number of halogens is 2. The van der Waals surface area contributed by atoms with Crippen LogP contribution in [0.15, 0.2) is 23.1 Å². The van der Waals surface area contributed by atoms with E-state index >= 15 is 0 Å². The summed E-state index contributed by atoms with van der Waals surface area (Å²) in [6.07, 6.45) is 2.35. The summed E-state index contributed by atoms with van der Waals surface area (Å²) >= 11 is 0. The van der Waals surface area contributed by atoms with Crippen LogP contribution < -0.4 is 4.72 Å². The highest BCUT2D eigenvalue weighted by Crippen LogP contribution is 2.20. The van der Waals surface area contributed by atoms with E-state index in [-0.39, 0.29) is 6.04 Å².